The lowest BCUT2D eigenvalue weighted by Gasteiger charge is -2.28. The molecule has 2 saturated carbocycles. The number of benzene rings is 2. The summed E-state index contributed by atoms with van der Waals surface area (Å²) in [4.78, 5) is 37.6. The van der Waals surface area contributed by atoms with Crippen molar-refractivity contribution in [1.82, 2.24) is 30.0 Å². The van der Waals surface area contributed by atoms with Crippen molar-refractivity contribution in [3.05, 3.63) is 82.8 Å². The van der Waals surface area contributed by atoms with Crippen molar-refractivity contribution in [2.75, 3.05) is 20.9 Å². The van der Waals surface area contributed by atoms with E-state index in [4.69, 9.17) is 27.1 Å². The Morgan fingerprint density at radius 1 is 1.12 bits per heavy atom. The number of rotatable bonds is 9. The number of methoxy groups -OCH3 is 1. The smallest absolute Gasteiger partial charge is 0.382 e. The third-order valence-electron chi connectivity index (χ3n) is 8.38. The molecule has 2 aromatic carbocycles. The maximum atomic E-state index is 14.1. The maximum absolute atomic E-state index is 14.1. The number of hydrogen-bond donors (Lipinski definition) is 2. The van der Waals surface area contributed by atoms with Gasteiger partial charge in [-0.2, -0.15) is 32.3 Å². The molecular weight excluding hydrogens is 699 g/mol. The van der Waals surface area contributed by atoms with E-state index in [1.165, 1.54) is 24.9 Å². The number of alkyl halides is 4. The van der Waals surface area contributed by atoms with Crippen LogP contribution in [-0.2, 0) is 14.3 Å². The summed E-state index contributed by atoms with van der Waals surface area (Å²) in [7, 11) is 2.03. The van der Waals surface area contributed by atoms with Gasteiger partial charge >= 0.3 is 12.3 Å². The first-order valence-electron chi connectivity index (χ1n) is 16.0. The minimum Gasteiger partial charge on any atom is -0.382 e. The SMILES string of the molecule is CC.CF.COC[C@H](c1ccc(Cl)c(-n2ncnc2F)c1)N1C(=O)[C@@H](c2ccc3nc(C4CC4)ccc3c2)N=C1N.O=CNC1(C(F)(F)F)CC1. The first-order chi connectivity index (χ1) is 24.5. The highest BCUT2D eigenvalue weighted by Gasteiger charge is 2.63. The van der Waals surface area contributed by atoms with Crippen molar-refractivity contribution >= 4 is 40.8 Å². The molecule has 51 heavy (non-hydrogen) atoms. The number of carbonyl (C=O) groups is 2. The maximum Gasteiger partial charge on any atom is 0.411 e. The van der Waals surface area contributed by atoms with Crippen molar-refractivity contribution in [3.8, 4) is 5.69 Å². The number of carbonyl (C=O) groups excluding carboxylic acids is 2. The van der Waals surface area contributed by atoms with Crippen LogP contribution in [-0.4, -0.2) is 75.5 Å². The quantitative estimate of drug-likeness (QED) is 0.148. The predicted molar refractivity (Wildman–Crippen MR) is 181 cm³/mol. The number of guanidine groups is 1. The lowest BCUT2D eigenvalue weighted by Crippen LogP contribution is -2.44. The molecule has 0 radical (unpaired) electrons. The molecule has 1 aliphatic heterocycles. The zero-order valence-electron chi connectivity index (χ0n) is 28.3. The third-order valence-corrected chi connectivity index (χ3v) is 8.70. The van der Waals surface area contributed by atoms with Crippen LogP contribution >= 0.6 is 11.6 Å². The Morgan fingerprint density at radius 3 is 2.37 bits per heavy atom. The normalized spacial score (nSPS) is 17.9. The van der Waals surface area contributed by atoms with Crippen LogP contribution in [0, 0.1) is 6.08 Å². The van der Waals surface area contributed by atoms with Gasteiger partial charge in [0.15, 0.2) is 12.0 Å². The van der Waals surface area contributed by atoms with E-state index in [2.05, 4.69) is 21.1 Å². The van der Waals surface area contributed by atoms with Gasteiger partial charge in [0.2, 0.25) is 6.41 Å². The molecule has 0 bridgehead atoms. The summed E-state index contributed by atoms with van der Waals surface area (Å²) < 4.78 is 65.6. The van der Waals surface area contributed by atoms with Crippen molar-refractivity contribution in [2.24, 2.45) is 10.7 Å². The zero-order chi connectivity index (χ0) is 37.5. The first-order valence-corrected chi connectivity index (χ1v) is 16.4. The van der Waals surface area contributed by atoms with E-state index in [0.29, 0.717) is 18.7 Å². The molecule has 7 rings (SSSR count). The van der Waals surface area contributed by atoms with Crippen LogP contribution in [0.1, 0.15) is 74.4 Å². The van der Waals surface area contributed by atoms with E-state index in [0.717, 1.165) is 33.2 Å². The van der Waals surface area contributed by atoms with Gasteiger partial charge in [-0.15, -0.1) is 0 Å². The number of ether oxygens (including phenoxy) is 1. The molecule has 2 aliphatic carbocycles. The number of amides is 2. The van der Waals surface area contributed by atoms with Gasteiger partial charge in [0.05, 0.1) is 36.1 Å². The summed E-state index contributed by atoms with van der Waals surface area (Å²) in [5, 5.41) is 6.87. The Balaban J connectivity index is 0.000000355. The number of hydrogen-bond acceptors (Lipinski definition) is 8. The number of nitrogens with two attached hydrogens (primary N) is 1. The summed E-state index contributed by atoms with van der Waals surface area (Å²) in [6.45, 7) is 4.13. The fraction of sp³-hybridized carbons (Fsp3) is 0.412. The van der Waals surface area contributed by atoms with Crippen LogP contribution in [0.2, 0.25) is 5.02 Å². The molecule has 0 unspecified atom stereocenters. The van der Waals surface area contributed by atoms with Crippen LogP contribution in [0.3, 0.4) is 0 Å². The molecule has 4 aromatic rings. The fourth-order valence-electron chi connectivity index (χ4n) is 5.47. The summed E-state index contributed by atoms with van der Waals surface area (Å²) in [5.74, 6) is 0.346. The third kappa shape index (κ3) is 8.44. The number of aromatic nitrogens is 4. The standard InChI is InChI=1S/C26H23ClFN7O2.C5H6F3NO.C2H6.CH3F/c1-37-12-22(16-4-7-18(27)21(11-16)35-25(28)30-13-31-35)34-24(36)23(33-26(34)29)17-6-9-20-15(10-17)5-8-19(32-20)14-2-3-14;6-5(7,8)4(1-2-4)9-3-10;2*1-2/h4-11,13-14,22-23H,2-3,12H2,1H3,(H2,29,33);3H,1-2H2,(H,9,10);1-2H3;1H3/t22-,23-;;;/m1.../s1. The van der Waals surface area contributed by atoms with E-state index in [9.17, 15) is 31.5 Å². The largest absolute Gasteiger partial charge is 0.411 e. The number of nitrogens with one attached hydrogen (secondary N) is 1. The molecule has 274 valence electrons. The second-order valence-electron chi connectivity index (χ2n) is 11.5. The second kappa shape index (κ2) is 16.5. The molecule has 3 heterocycles. The second-order valence-corrected chi connectivity index (χ2v) is 11.9. The lowest BCUT2D eigenvalue weighted by molar-refractivity contribution is -0.167. The van der Waals surface area contributed by atoms with Gasteiger partial charge < -0.3 is 15.8 Å². The van der Waals surface area contributed by atoms with Gasteiger partial charge in [-0.3, -0.25) is 23.9 Å². The molecule has 11 nitrogen and oxygen atoms in total. The average Bonchev–Trinajstić information content (AvgIpc) is 4.06. The average molecular weight is 737 g/mol. The summed E-state index contributed by atoms with van der Waals surface area (Å²) in [6, 6.07) is 13.4. The van der Waals surface area contributed by atoms with Crippen molar-refractivity contribution < 1.29 is 36.3 Å². The van der Waals surface area contributed by atoms with Gasteiger partial charge in [-0.1, -0.05) is 43.6 Å². The van der Waals surface area contributed by atoms with Gasteiger partial charge in [-0.05, 0) is 67.1 Å². The molecule has 3 N–H and O–H groups in total. The Kier molecular flexibility index (Phi) is 12.7. The van der Waals surface area contributed by atoms with Crippen LogP contribution in [0.15, 0.2) is 59.9 Å². The van der Waals surface area contributed by atoms with Gasteiger partial charge in [-0.25, -0.2) is 4.99 Å². The molecule has 2 atom stereocenters. The minimum atomic E-state index is -4.28. The monoisotopic (exact) mass is 736 g/mol. The molecule has 17 heteroatoms. The van der Waals surface area contributed by atoms with E-state index >= 15 is 0 Å². The van der Waals surface area contributed by atoms with Crippen LogP contribution in [0.25, 0.3) is 16.6 Å². The predicted octanol–water partition coefficient (Wildman–Crippen LogP) is 6.51. The molecule has 2 fully saturated rings. The Morgan fingerprint density at radius 2 is 1.82 bits per heavy atom. The van der Waals surface area contributed by atoms with Crippen LogP contribution in [0.4, 0.5) is 22.0 Å². The molecule has 2 aromatic heterocycles. The zero-order valence-corrected chi connectivity index (χ0v) is 29.1. The highest BCUT2D eigenvalue weighted by atomic mass is 35.5. The van der Waals surface area contributed by atoms with Crippen molar-refractivity contribution in [2.45, 2.75) is 69.2 Å². The number of halogens is 6. The van der Waals surface area contributed by atoms with Crippen LogP contribution < -0.4 is 11.1 Å². The van der Waals surface area contributed by atoms with E-state index < -0.39 is 29.9 Å². The fourth-order valence-corrected chi connectivity index (χ4v) is 5.67. The summed E-state index contributed by atoms with van der Waals surface area (Å²) in [5.41, 5.74) is 8.04. The van der Waals surface area contributed by atoms with Gasteiger partial charge in [0.1, 0.15) is 11.9 Å². The molecule has 0 saturated heterocycles. The van der Waals surface area contributed by atoms with Crippen LogP contribution in [0.5, 0.6) is 0 Å². The topological polar surface area (TPSA) is 141 Å². The van der Waals surface area contributed by atoms with E-state index in [1.807, 2.05) is 38.1 Å². The number of nitrogens with zero attached hydrogens (tertiary/aromatic N) is 6. The molecule has 3 aliphatic rings. The van der Waals surface area contributed by atoms with Gasteiger partial charge in [0.25, 0.3) is 5.91 Å². The Bertz CT molecular complexity index is 1860. The number of pyridine rings is 1. The molecule has 2 amide bonds. The highest BCUT2D eigenvalue weighted by molar-refractivity contribution is 6.32. The Labute approximate surface area is 296 Å². The number of aliphatic imine (C=N–C) groups is 1. The first kappa shape index (κ1) is 39.1. The van der Waals surface area contributed by atoms with E-state index in [1.54, 1.807) is 23.5 Å². The van der Waals surface area contributed by atoms with Crippen molar-refractivity contribution in [1.29, 1.82) is 0 Å². The molecular formula is C34H38ClF5N8O3. The number of fused-ring (bicyclic) bond motifs is 1. The molecule has 0 spiro atoms. The summed E-state index contributed by atoms with van der Waals surface area (Å²) >= 11 is 6.32. The van der Waals surface area contributed by atoms with E-state index in [-0.39, 0.29) is 48.4 Å². The lowest BCUT2D eigenvalue weighted by atomic mass is 10.0. The highest BCUT2D eigenvalue weighted by Crippen LogP contribution is 2.48. The minimum absolute atomic E-state index is 0.00917. The van der Waals surface area contributed by atoms with Gasteiger partial charge in [0, 0.05) is 24.1 Å². The Hall–Kier alpha value is -4.70. The summed E-state index contributed by atoms with van der Waals surface area (Å²) in [6.07, 6.45) is -1.52. The van der Waals surface area contributed by atoms with Crippen molar-refractivity contribution in [3.63, 3.8) is 0 Å².